The molecule has 1 aliphatic heterocycles. The van der Waals surface area contributed by atoms with Crippen molar-refractivity contribution in [3.05, 3.63) is 47.3 Å². The van der Waals surface area contributed by atoms with E-state index in [0.717, 1.165) is 79.0 Å². The SMILES string of the molecule is Cc1nn(-c2ccccc2)c(C)c1CNC(=O)C1CCCN1C(=O)C12CC3CC(CC(C3)C1)C2. The molecule has 1 atom stereocenters. The van der Waals surface area contributed by atoms with Crippen molar-refractivity contribution in [2.75, 3.05) is 6.54 Å². The number of aromatic nitrogens is 2. The molecule has 0 radical (unpaired) electrons. The molecule has 1 saturated heterocycles. The highest BCUT2D eigenvalue weighted by Gasteiger charge is 2.56. The maximum absolute atomic E-state index is 13.9. The first-order chi connectivity index (χ1) is 16.4. The Hall–Kier alpha value is -2.63. The van der Waals surface area contributed by atoms with Crippen molar-refractivity contribution in [1.29, 1.82) is 0 Å². The highest BCUT2D eigenvalue weighted by atomic mass is 16.2. The molecule has 1 N–H and O–H groups in total. The topological polar surface area (TPSA) is 67.2 Å². The van der Waals surface area contributed by atoms with Crippen LogP contribution < -0.4 is 5.32 Å². The number of hydrogen-bond acceptors (Lipinski definition) is 3. The number of likely N-dealkylation sites (tertiary alicyclic amines) is 1. The van der Waals surface area contributed by atoms with Gasteiger partial charge in [-0.1, -0.05) is 18.2 Å². The summed E-state index contributed by atoms with van der Waals surface area (Å²) < 4.78 is 1.94. The molecular weight excluding hydrogens is 424 g/mol. The maximum atomic E-state index is 13.9. The van der Waals surface area contributed by atoms with Crippen molar-refractivity contribution in [3.8, 4) is 5.69 Å². The van der Waals surface area contributed by atoms with E-state index < -0.39 is 0 Å². The third kappa shape index (κ3) is 3.57. The number of benzene rings is 1. The van der Waals surface area contributed by atoms with Gasteiger partial charge >= 0.3 is 0 Å². The van der Waals surface area contributed by atoms with Gasteiger partial charge in [-0.25, -0.2) is 4.68 Å². The van der Waals surface area contributed by atoms with E-state index in [1.807, 2.05) is 53.8 Å². The summed E-state index contributed by atoms with van der Waals surface area (Å²) in [7, 11) is 0. The molecule has 34 heavy (non-hydrogen) atoms. The van der Waals surface area contributed by atoms with Crippen LogP contribution in [-0.2, 0) is 16.1 Å². The van der Waals surface area contributed by atoms with Crippen LogP contribution in [-0.4, -0.2) is 39.1 Å². The Balaban J connectivity index is 1.15. The number of amides is 2. The van der Waals surface area contributed by atoms with Crippen LogP contribution in [0.3, 0.4) is 0 Å². The first kappa shape index (κ1) is 21.9. The van der Waals surface area contributed by atoms with Gasteiger partial charge in [0, 0.05) is 24.3 Å². The Morgan fingerprint density at radius 2 is 1.68 bits per heavy atom. The number of nitrogens with zero attached hydrogens (tertiary/aromatic N) is 3. The smallest absolute Gasteiger partial charge is 0.243 e. The molecule has 180 valence electrons. The zero-order valence-corrected chi connectivity index (χ0v) is 20.4. The molecule has 7 rings (SSSR count). The average Bonchev–Trinajstić information content (AvgIpc) is 3.41. The fourth-order valence-electron chi connectivity index (χ4n) is 8.00. The molecule has 0 spiro atoms. The molecule has 2 heterocycles. The summed E-state index contributed by atoms with van der Waals surface area (Å²) in [5, 5.41) is 7.87. The Morgan fingerprint density at radius 1 is 1.03 bits per heavy atom. The van der Waals surface area contributed by atoms with Gasteiger partial charge in [-0.2, -0.15) is 5.10 Å². The molecule has 5 fully saturated rings. The molecule has 1 aromatic carbocycles. The number of carbonyl (C=O) groups excluding carboxylic acids is 2. The lowest BCUT2D eigenvalue weighted by Crippen LogP contribution is -2.57. The summed E-state index contributed by atoms with van der Waals surface area (Å²) in [5.74, 6) is 2.47. The third-order valence-electron chi connectivity index (χ3n) is 9.19. The van der Waals surface area contributed by atoms with Crippen LogP contribution in [0.2, 0.25) is 0 Å². The molecule has 5 aliphatic rings. The van der Waals surface area contributed by atoms with Crippen molar-refractivity contribution in [2.24, 2.45) is 23.2 Å². The van der Waals surface area contributed by atoms with Crippen molar-refractivity contribution in [2.45, 2.75) is 77.8 Å². The maximum Gasteiger partial charge on any atom is 0.243 e. The number of para-hydroxylation sites is 1. The number of hydrogen-bond donors (Lipinski definition) is 1. The highest BCUT2D eigenvalue weighted by Crippen LogP contribution is 2.60. The van der Waals surface area contributed by atoms with Gasteiger partial charge < -0.3 is 10.2 Å². The lowest BCUT2D eigenvalue weighted by atomic mass is 9.49. The second kappa shape index (κ2) is 8.24. The second-order valence-corrected chi connectivity index (χ2v) is 11.5. The van der Waals surface area contributed by atoms with Crippen molar-refractivity contribution >= 4 is 11.8 Å². The fraction of sp³-hybridized carbons (Fsp3) is 0.607. The van der Waals surface area contributed by atoms with Crippen LogP contribution in [0.5, 0.6) is 0 Å². The molecule has 2 aromatic rings. The summed E-state index contributed by atoms with van der Waals surface area (Å²) in [6, 6.07) is 9.74. The van der Waals surface area contributed by atoms with Gasteiger partial charge in [-0.05, 0) is 95.1 Å². The van der Waals surface area contributed by atoms with Gasteiger partial charge in [-0.15, -0.1) is 0 Å². The molecule has 4 bridgehead atoms. The number of carbonyl (C=O) groups is 2. The minimum Gasteiger partial charge on any atom is -0.350 e. The molecule has 1 aromatic heterocycles. The summed E-state index contributed by atoms with van der Waals surface area (Å²) in [5.41, 5.74) is 3.85. The van der Waals surface area contributed by atoms with Crippen LogP contribution in [0.25, 0.3) is 5.69 Å². The van der Waals surface area contributed by atoms with E-state index >= 15 is 0 Å². The Labute approximate surface area is 202 Å². The van der Waals surface area contributed by atoms with E-state index in [2.05, 4.69) is 5.32 Å². The molecular formula is C28H36N4O2. The fourth-order valence-corrected chi connectivity index (χ4v) is 8.00. The molecule has 6 heteroatoms. The lowest BCUT2D eigenvalue weighted by molar-refractivity contribution is -0.160. The molecule has 6 nitrogen and oxygen atoms in total. The van der Waals surface area contributed by atoms with E-state index in [4.69, 9.17) is 5.10 Å². The summed E-state index contributed by atoms with van der Waals surface area (Å²) in [6.45, 7) is 5.21. The van der Waals surface area contributed by atoms with Gasteiger partial charge in [-0.3, -0.25) is 9.59 Å². The molecule has 4 saturated carbocycles. The van der Waals surface area contributed by atoms with Crippen molar-refractivity contribution in [3.63, 3.8) is 0 Å². The monoisotopic (exact) mass is 460 g/mol. The largest absolute Gasteiger partial charge is 0.350 e. The Bertz CT molecular complexity index is 1070. The zero-order chi connectivity index (χ0) is 23.4. The predicted molar refractivity (Wildman–Crippen MR) is 130 cm³/mol. The van der Waals surface area contributed by atoms with Crippen LogP contribution in [0.15, 0.2) is 30.3 Å². The predicted octanol–water partition coefficient (Wildman–Crippen LogP) is 4.31. The molecule has 2 amide bonds. The number of aryl methyl sites for hydroxylation is 1. The summed E-state index contributed by atoms with van der Waals surface area (Å²) in [6.07, 6.45) is 8.83. The quantitative estimate of drug-likeness (QED) is 0.723. The third-order valence-corrected chi connectivity index (χ3v) is 9.19. The average molecular weight is 461 g/mol. The van der Waals surface area contributed by atoms with Gasteiger partial charge in [0.15, 0.2) is 0 Å². The number of nitrogens with one attached hydrogen (secondary N) is 1. The van der Waals surface area contributed by atoms with Gasteiger partial charge in [0.1, 0.15) is 6.04 Å². The second-order valence-electron chi connectivity index (χ2n) is 11.5. The lowest BCUT2D eigenvalue weighted by Gasteiger charge is -2.56. The highest BCUT2D eigenvalue weighted by molar-refractivity contribution is 5.91. The zero-order valence-electron chi connectivity index (χ0n) is 20.4. The molecule has 1 unspecified atom stereocenters. The van der Waals surface area contributed by atoms with E-state index in [1.54, 1.807) is 0 Å². The van der Waals surface area contributed by atoms with Crippen LogP contribution in [0, 0.1) is 37.0 Å². The summed E-state index contributed by atoms with van der Waals surface area (Å²) >= 11 is 0. The molecule has 4 aliphatic carbocycles. The standard InChI is InChI=1S/C28H36N4O2/c1-18-24(19(2)32(30-18)23-7-4-3-5-8-23)17-29-26(33)25-9-6-10-31(25)27(34)28-14-20-11-21(15-28)13-22(12-20)16-28/h3-5,7-8,20-22,25H,6,9-17H2,1-2H3,(H,29,33). The van der Waals surface area contributed by atoms with Crippen molar-refractivity contribution in [1.82, 2.24) is 20.0 Å². The Morgan fingerprint density at radius 3 is 2.32 bits per heavy atom. The minimum absolute atomic E-state index is 0.0122. The van der Waals surface area contributed by atoms with Gasteiger partial charge in [0.25, 0.3) is 0 Å². The first-order valence-electron chi connectivity index (χ1n) is 13.1. The van der Waals surface area contributed by atoms with Crippen LogP contribution in [0.1, 0.15) is 68.3 Å². The first-order valence-corrected chi connectivity index (χ1v) is 13.1. The summed E-state index contributed by atoms with van der Waals surface area (Å²) in [4.78, 5) is 29.2. The van der Waals surface area contributed by atoms with Crippen molar-refractivity contribution < 1.29 is 9.59 Å². The van der Waals surface area contributed by atoms with E-state index in [0.29, 0.717) is 6.54 Å². The van der Waals surface area contributed by atoms with E-state index in [1.165, 1.54) is 19.3 Å². The van der Waals surface area contributed by atoms with E-state index in [-0.39, 0.29) is 23.3 Å². The van der Waals surface area contributed by atoms with Gasteiger partial charge in [0.05, 0.1) is 16.8 Å². The van der Waals surface area contributed by atoms with Crippen LogP contribution >= 0.6 is 0 Å². The minimum atomic E-state index is -0.328. The number of rotatable bonds is 5. The Kier molecular flexibility index (Phi) is 5.30. The van der Waals surface area contributed by atoms with E-state index in [9.17, 15) is 9.59 Å². The van der Waals surface area contributed by atoms with Gasteiger partial charge in [0.2, 0.25) is 11.8 Å². The van der Waals surface area contributed by atoms with Crippen LogP contribution in [0.4, 0.5) is 0 Å². The normalized spacial score (nSPS) is 31.8.